The van der Waals surface area contributed by atoms with Crippen LogP contribution in [0.15, 0.2) is 30.3 Å². The van der Waals surface area contributed by atoms with Gasteiger partial charge in [0.05, 0.1) is 0 Å². The number of benzene rings is 1. The summed E-state index contributed by atoms with van der Waals surface area (Å²) in [6.07, 6.45) is 0.292. The molecule has 2 amide bonds. The second-order valence-electron chi connectivity index (χ2n) is 3.45. The molecule has 1 aromatic carbocycles. The van der Waals surface area contributed by atoms with Crippen LogP contribution in [0.3, 0.4) is 0 Å². The van der Waals surface area contributed by atoms with Gasteiger partial charge in [-0.25, -0.2) is 0 Å². The predicted octanol–water partition coefficient (Wildman–Crippen LogP) is 0.521. The van der Waals surface area contributed by atoms with E-state index in [0.717, 1.165) is 5.56 Å². The Balaban J connectivity index is 2.81. The highest BCUT2D eigenvalue weighted by atomic mass is 16.1. The van der Waals surface area contributed by atoms with Gasteiger partial charge in [0.15, 0.2) is 0 Å². The first-order chi connectivity index (χ1) is 7.09. The molecule has 0 unspecified atom stereocenters. The Morgan fingerprint density at radius 1 is 1.00 bits per heavy atom. The molecule has 0 fully saturated rings. The molecule has 4 nitrogen and oxygen atoms in total. The fraction of sp³-hybridized carbons (Fsp3) is 0.273. The van der Waals surface area contributed by atoms with Crippen molar-refractivity contribution >= 4 is 11.8 Å². The fourth-order valence-corrected chi connectivity index (χ4v) is 1.52. The zero-order valence-corrected chi connectivity index (χ0v) is 8.35. The van der Waals surface area contributed by atoms with Crippen LogP contribution in [-0.4, -0.2) is 11.8 Å². The molecule has 4 N–H and O–H groups in total. The second-order valence-corrected chi connectivity index (χ2v) is 3.45. The lowest BCUT2D eigenvalue weighted by atomic mass is 9.92. The molecule has 0 spiro atoms. The molecule has 0 aliphatic heterocycles. The quantitative estimate of drug-likeness (QED) is 0.735. The molecule has 0 saturated heterocycles. The van der Waals surface area contributed by atoms with Crippen molar-refractivity contribution in [3.8, 4) is 0 Å². The summed E-state index contributed by atoms with van der Waals surface area (Å²) in [5, 5.41) is 0. The van der Waals surface area contributed by atoms with E-state index in [4.69, 9.17) is 11.5 Å². The molecule has 0 aliphatic rings. The molecule has 0 heterocycles. The third-order valence-corrected chi connectivity index (χ3v) is 2.17. The summed E-state index contributed by atoms with van der Waals surface area (Å²) in [5.41, 5.74) is 11.1. The maximum Gasteiger partial charge on any atom is 0.218 e. The van der Waals surface area contributed by atoms with Crippen molar-refractivity contribution in [1.29, 1.82) is 0 Å². The van der Waals surface area contributed by atoms with Gasteiger partial charge in [0, 0.05) is 18.8 Å². The van der Waals surface area contributed by atoms with E-state index < -0.39 is 11.8 Å². The smallest absolute Gasteiger partial charge is 0.218 e. The van der Waals surface area contributed by atoms with Crippen LogP contribution in [0.5, 0.6) is 0 Å². The highest BCUT2D eigenvalue weighted by Crippen LogP contribution is 2.22. The monoisotopic (exact) mass is 206 g/mol. The van der Waals surface area contributed by atoms with Gasteiger partial charge in [-0.15, -0.1) is 0 Å². The SMILES string of the molecule is NC(=O)CC(CC(N)=O)c1ccccc1. The molecular weight excluding hydrogens is 192 g/mol. The van der Waals surface area contributed by atoms with E-state index in [0.29, 0.717) is 0 Å². The largest absolute Gasteiger partial charge is 0.370 e. The van der Waals surface area contributed by atoms with Crippen molar-refractivity contribution in [2.24, 2.45) is 11.5 Å². The first kappa shape index (κ1) is 11.2. The van der Waals surface area contributed by atoms with E-state index >= 15 is 0 Å². The minimum Gasteiger partial charge on any atom is -0.370 e. The summed E-state index contributed by atoms with van der Waals surface area (Å²) >= 11 is 0. The van der Waals surface area contributed by atoms with Crippen LogP contribution < -0.4 is 11.5 Å². The molecule has 1 rings (SSSR count). The van der Waals surface area contributed by atoms with Crippen LogP contribution >= 0.6 is 0 Å². The van der Waals surface area contributed by atoms with E-state index in [1.54, 1.807) is 0 Å². The van der Waals surface area contributed by atoms with Gasteiger partial charge in [-0.3, -0.25) is 9.59 Å². The van der Waals surface area contributed by atoms with Gasteiger partial charge in [-0.05, 0) is 5.56 Å². The van der Waals surface area contributed by atoms with Gasteiger partial charge < -0.3 is 11.5 Å². The number of amides is 2. The molecule has 0 atom stereocenters. The van der Waals surface area contributed by atoms with Crippen LogP contribution in [0.25, 0.3) is 0 Å². The fourth-order valence-electron chi connectivity index (χ4n) is 1.52. The minimum absolute atomic E-state index is 0.146. The molecule has 15 heavy (non-hydrogen) atoms. The average Bonchev–Trinajstić information content (AvgIpc) is 2.17. The summed E-state index contributed by atoms with van der Waals surface area (Å²) in [5.74, 6) is -1.06. The molecule has 0 aromatic heterocycles. The van der Waals surface area contributed by atoms with Crippen molar-refractivity contribution in [2.75, 3.05) is 0 Å². The van der Waals surface area contributed by atoms with Crippen LogP contribution in [0.1, 0.15) is 24.3 Å². The van der Waals surface area contributed by atoms with Crippen LogP contribution in [-0.2, 0) is 9.59 Å². The lowest BCUT2D eigenvalue weighted by molar-refractivity contribution is -0.119. The van der Waals surface area contributed by atoms with Crippen molar-refractivity contribution < 1.29 is 9.59 Å². The average molecular weight is 206 g/mol. The number of rotatable bonds is 5. The summed E-state index contributed by atoms with van der Waals surface area (Å²) in [4.78, 5) is 21.7. The van der Waals surface area contributed by atoms with Crippen LogP contribution in [0, 0.1) is 0 Å². The number of hydrogen-bond donors (Lipinski definition) is 2. The van der Waals surface area contributed by atoms with E-state index in [1.807, 2.05) is 30.3 Å². The highest BCUT2D eigenvalue weighted by molar-refractivity contribution is 5.78. The van der Waals surface area contributed by atoms with Crippen molar-refractivity contribution in [1.82, 2.24) is 0 Å². The van der Waals surface area contributed by atoms with E-state index in [-0.39, 0.29) is 18.8 Å². The summed E-state index contributed by atoms with van der Waals surface area (Å²) in [6, 6.07) is 9.29. The summed E-state index contributed by atoms with van der Waals surface area (Å²) < 4.78 is 0. The normalized spacial score (nSPS) is 10.2. The number of nitrogens with two attached hydrogens (primary N) is 2. The van der Waals surface area contributed by atoms with Gasteiger partial charge in [-0.2, -0.15) is 0 Å². The van der Waals surface area contributed by atoms with Gasteiger partial charge in [0.2, 0.25) is 11.8 Å². The zero-order valence-electron chi connectivity index (χ0n) is 8.35. The lowest BCUT2D eigenvalue weighted by Gasteiger charge is -2.13. The molecule has 0 saturated carbocycles. The molecule has 80 valence electrons. The number of carbonyl (C=O) groups excluding carboxylic acids is 2. The third-order valence-electron chi connectivity index (χ3n) is 2.17. The van der Waals surface area contributed by atoms with Crippen LogP contribution in [0.2, 0.25) is 0 Å². The van der Waals surface area contributed by atoms with Gasteiger partial charge in [-0.1, -0.05) is 30.3 Å². The van der Waals surface area contributed by atoms with Crippen LogP contribution in [0.4, 0.5) is 0 Å². The minimum atomic E-state index is -0.426. The maximum atomic E-state index is 10.8. The Hall–Kier alpha value is -1.84. The Labute approximate surface area is 88.3 Å². The Morgan fingerprint density at radius 2 is 1.47 bits per heavy atom. The first-order valence-corrected chi connectivity index (χ1v) is 4.71. The lowest BCUT2D eigenvalue weighted by Crippen LogP contribution is -2.20. The Bertz CT molecular complexity index is 333. The number of hydrogen-bond acceptors (Lipinski definition) is 2. The molecule has 0 aliphatic carbocycles. The van der Waals surface area contributed by atoms with E-state index in [1.165, 1.54) is 0 Å². The second kappa shape index (κ2) is 5.14. The predicted molar refractivity (Wildman–Crippen MR) is 56.8 cm³/mol. The Kier molecular flexibility index (Phi) is 3.85. The first-order valence-electron chi connectivity index (χ1n) is 4.71. The molecule has 0 bridgehead atoms. The van der Waals surface area contributed by atoms with E-state index in [2.05, 4.69) is 0 Å². The summed E-state index contributed by atoms with van der Waals surface area (Å²) in [7, 11) is 0. The zero-order chi connectivity index (χ0) is 11.3. The molecule has 4 heteroatoms. The third kappa shape index (κ3) is 3.81. The molecule has 0 radical (unpaired) electrons. The van der Waals surface area contributed by atoms with Crippen molar-refractivity contribution in [3.05, 3.63) is 35.9 Å². The Morgan fingerprint density at radius 3 is 1.87 bits per heavy atom. The standard InChI is InChI=1S/C11H14N2O2/c12-10(14)6-9(7-11(13)15)8-4-2-1-3-5-8/h1-5,9H,6-7H2,(H2,12,14)(H2,13,15). The van der Waals surface area contributed by atoms with Crippen molar-refractivity contribution in [2.45, 2.75) is 18.8 Å². The number of carbonyl (C=O) groups is 2. The van der Waals surface area contributed by atoms with Crippen molar-refractivity contribution in [3.63, 3.8) is 0 Å². The highest BCUT2D eigenvalue weighted by Gasteiger charge is 2.16. The van der Waals surface area contributed by atoms with Gasteiger partial charge >= 0.3 is 0 Å². The summed E-state index contributed by atoms with van der Waals surface area (Å²) in [6.45, 7) is 0. The van der Waals surface area contributed by atoms with Gasteiger partial charge in [0.25, 0.3) is 0 Å². The van der Waals surface area contributed by atoms with Gasteiger partial charge in [0.1, 0.15) is 0 Å². The topological polar surface area (TPSA) is 86.2 Å². The van der Waals surface area contributed by atoms with E-state index in [9.17, 15) is 9.59 Å². The maximum absolute atomic E-state index is 10.8. The molecular formula is C11H14N2O2. The molecule has 1 aromatic rings. The number of primary amides is 2.